The monoisotopic (exact) mass is 392 g/mol. The molecule has 1 unspecified atom stereocenters. The van der Waals surface area contributed by atoms with E-state index >= 15 is 0 Å². The summed E-state index contributed by atoms with van der Waals surface area (Å²) in [5.41, 5.74) is 1.13. The van der Waals surface area contributed by atoms with Crippen LogP contribution in [0, 0.1) is 0 Å². The van der Waals surface area contributed by atoms with E-state index < -0.39 is 0 Å². The van der Waals surface area contributed by atoms with Crippen molar-refractivity contribution >= 4 is 33.6 Å². The first kappa shape index (κ1) is 18.4. The molecular formula is C21H20N4O2S. The first-order valence-corrected chi connectivity index (χ1v) is 10.1. The first-order chi connectivity index (χ1) is 13.6. The molecule has 28 heavy (non-hydrogen) atoms. The molecule has 0 aliphatic carbocycles. The Labute approximate surface area is 165 Å². The molecule has 1 atom stereocenters. The molecule has 0 spiro atoms. The molecule has 0 radical (unpaired) electrons. The number of hydrogen-bond donors (Lipinski definition) is 1. The molecular weight excluding hydrogens is 372 g/mol. The molecule has 4 rings (SSSR count). The third kappa shape index (κ3) is 3.33. The molecule has 1 N–H and O–H groups in total. The van der Waals surface area contributed by atoms with Gasteiger partial charge in [-0.25, -0.2) is 9.97 Å². The van der Waals surface area contributed by atoms with E-state index in [4.69, 9.17) is 4.98 Å². The maximum atomic E-state index is 12.9. The van der Waals surface area contributed by atoms with Crippen molar-refractivity contribution in [2.45, 2.75) is 37.2 Å². The van der Waals surface area contributed by atoms with Gasteiger partial charge in [0.25, 0.3) is 11.1 Å². The zero-order valence-corrected chi connectivity index (χ0v) is 16.5. The van der Waals surface area contributed by atoms with E-state index in [1.807, 2.05) is 50.2 Å². The number of para-hydroxylation sites is 2. The van der Waals surface area contributed by atoms with Gasteiger partial charge >= 0.3 is 0 Å². The highest BCUT2D eigenvalue weighted by Gasteiger charge is 2.17. The Morgan fingerprint density at radius 3 is 2.36 bits per heavy atom. The number of aromatic nitrogens is 4. The Morgan fingerprint density at radius 1 is 1.00 bits per heavy atom. The number of H-pyrrole nitrogens is 1. The number of aromatic amines is 1. The molecule has 7 heteroatoms. The molecule has 4 aromatic rings. The van der Waals surface area contributed by atoms with Crippen molar-refractivity contribution in [2.24, 2.45) is 0 Å². The van der Waals surface area contributed by atoms with Crippen LogP contribution < -0.4 is 11.1 Å². The van der Waals surface area contributed by atoms with Crippen LogP contribution in [-0.4, -0.2) is 19.5 Å². The third-order valence-corrected chi connectivity index (χ3v) is 5.67. The van der Waals surface area contributed by atoms with E-state index in [2.05, 4.69) is 9.97 Å². The molecule has 0 aliphatic rings. The van der Waals surface area contributed by atoms with Crippen LogP contribution in [0.3, 0.4) is 0 Å². The number of benzene rings is 2. The van der Waals surface area contributed by atoms with Gasteiger partial charge in [-0.1, -0.05) is 43.0 Å². The van der Waals surface area contributed by atoms with Gasteiger partial charge in [0.1, 0.15) is 5.82 Å². The number of nitrogens with one attached hydrogen (secondary N) is 1. The van der Waals surface area contributed by atoms with Crippen molar-refractivity contribution in [2.75, 3.05) is 0 Å². The van der Waals surface area contributed by atoms with Crippen LogP contribution in [0.2, 0.25) is 0 Å². The summed E-state index contributed by atoms with van der Waals surface area (Å²) in [6, 6.07) is 14.6. The highest BCUT2D eigenvalue weighted by Crippen LogP contribution is 2.32. The summed E-state index contributed by atoms with van der Waals surface area (Å²) in [7, 11) is 0. The Kier molecular flexibility index (Phi) is 5.00. The van der Waals surface area contributed by atoms with Gasteiger partial charge < -0.3 is 4.98 Å². The highest BCUT2D eigenvalue weighted by molar-refractivity contribution is 7.99. The lowest BCUT2D eigenvalue weighted by Crippen LogP contribution is -2.23. The van der Waals surface area contributed by atoms with Crippen LogP contribution in [0.15, 0.2) is 63.3 Å². The summed E-state index contributed by atoms with van der Waals surface area (Å²) in [5.74, 6) is 0.569. The van der Waals surface area contributed by atoms with Crippen LogP contribution in [0.4, 0.5) is 0 Å². The minimum atomic E-state index is -0.173. The predicted octanol–water partition coefficient (Wildman–Crippen LogP) is 3.90. The normalized spacial score (nSPS) is 12.5. The molecule has 2 aromatic carbocycles. The third-order valence-electron chi connectivity index (χ3n) is 4.57. The van der Waals surface area contributed by atoms with Crippen LogP contribution >= 0.6 is 11.8 Å². The minimum Gasteiger partial charge on any atom is -0.309 e. The number of nitrogens with zero attached hydrogens (tertiary/aromatic N) is 3. The summed E-state index contributed by atoms with van der Waals surface area (Å²) in [5, 5.41) is 1.64. The van der Waals surface area contributed by atoms with Gasteiger partial charge in [-0.05, 0) is 37.6 Å². The lowest BCUT2D eigenvalue weighted by molar-refractivity contribution is 0.583. The molecule has 0 amide bonds. The highest BCUT2D eigenvalue weighted by atomic mass is 32.2. The molecule has 2 heterocycles. The van der Waals surface area contributed by atoms with E-state index in [-0.39, 0.29) is 16.4 Å². The quantitative estimate of drug-likeness (QED) is 0.412. The molecule has 0 bridgehead atoms. The first-order valence-electron chi connectivity index (χ1n) is 9.23. The molecule has 0 saturated heterocycles. The van der Waals surface area contributed by atoms with E-state index in [9.17, 15) is 9.59 Å². The lowest BCUT2D eigenvalue weighted by Gasteiger charge is -2.15. The maximum absolute atomic E-state index is 12.9. The van der Waals surface area contributed by atoms with Crippen molar-refractivity contribution in [1.29, 1.82) is 0 Å². The van der Waals surface area contributed by atoms with Gasteiger partial charge in [0.05, 0.1) is 27.1 Å². The minimum absolute atomic E-state index is 0.0397. The van der Waals surface area contributed by atoms with E-state index in [0.29, 0.717) is 39.3 Å². The average molecular weight is 392 g/mol. The van der Waals surface area contributed by atoms with Gasteiger partial charge in [0.2, 0.25) is 0 Å². The second kappa shape index (κ2) is 7.59. The van der Waals surface area contributed by atoms with Gasteiger partial charge in [0, 0.05) is 6.54 Å². The van der Waals surface area contributed by atoms with E-state index in [1.54, 1.807) is 16.7 Å². The van der Waals surface area contributed by atoms with Gasteiger partial charge in [0.15, 0.2) is 5.16 Å². The molecule has 0 fully saturated rings. The molecule has 0 saturated carbocycles. The average Bonchev–Trinajstić information content (AvgIpc) is 2.71. The number of fused-ring (bicyclic) bond motifs is 2. The summed E-state index contributed by atoms with van der Waals surface area (Å²) in [6.45, 7) is 4.57. The molecule has 6 nitrogen and oxygen atoms in total. The second-order valence-corrected chi connectivity index (χ2v) is 7.90. The van der Waals surface area contributed by atoms with E-state index in [1.165, 1.54) is 11.8 Å². The zero-order valence-electron chi connectivity index (χ0n) is 15.7. The fourth-order valence-corrected chi connectivity index (χ4v) is 4.16. The zero-order chi connectivity index (χ0) is 19.7. The van der Waals surface area contributed by atoms with Crippen LogP contribution in [0.25, 0.3) is 21.8 Å². The van der Waals surface area contributed by atoms with Crippen molar-refractivity contribution < 1.29 is 0 Å². The largest absolute Gasteiger partial charge is 0.309 e. The fraction of sp³-hybridized carbons (Fsp3) is 0.238. The Bertz CT molecular complexity index is 1280. The van der Waals surface area contributed by atoms with E-state index in [0.717, 1.165) is 6.42 Å². The summed E-state index contributed by atoms with van der Waals surface area (Å²) in [6.07, 6.45) is 0.826. The van der Waals surface area contributed by atoms with Gasteiger partial charge in [-0.15, -0.1) is 0 Å². The standard InChI is InChI=1S/C21H20N4O2S/c1-3-12-25-20(27)15-9-5-7-11-17(15)23-21(25)28-13(2)18-22-16-10-6-4-8-14(16)19(26)24-18/h4-11,13H,3,12H2,1-2H3,(H,22,24,26). The van der Waals surface area contributed by atoms with Gasteiger partial charge in [-0.3, -0.25) is 14.2 Å². The fourth-order valence-electron chi connectivity index (χ4n) is 3.17. The van der Waals surface area contributed by atoms with Gasteiger partial charge in [-0.2, -0.15) is 0 Å². The summed E-state index contributed by atoms with van der Waals surface area (Å²) >= 11 is 1.43. The molecule has 0 aliphatic heterocycles. The van der Waals surface area contributed by atoms with Crippen molar-refractivity contribution in [1.82, 2.24) is 19.5 Å². The maximum Gasteiger partial charge on any atom is 0.262 e. The topological polar surface area (TPSA) is 80.6 Å². The summed E-state index contributed by atoms with van der Waals surface area (Å²) in [4.78, 5) is 37.5. The van der Waals surface area contributed by atoms with Crippen molar-refractivity contribution in [3.05, 3.63) is 75.1 Å². The summed E-state index contributed by atoms with van der Waals surface area (Å²) < 4.78 is 1.71. The smallest absolute Gasteiger partial charge is 0.262 e. The Balaban J connectivity index is 1.78. The lowest BCUT2D eigenvalue weighted by atomic mass is 10.2. The Morgan fingerprint density at radius 2 is 1.64 bits per heavy atom. The predicted molar refractivity (Wildman–Crippen MR) is 113 cm³/mol. The SMILES string of the molecule is CCCn1c(SC(C)c2nc3ccccc3c(=O)[nH]2)nc2ccccc2c1=O. The molecule has 2 aromatic heterocycles. The van der Waals surface area contributed by atoms with Crippen LogP contribution in [-0.2, 0) is 6.54 Å². The van der Waals surface area contributed by atoms with Crippen LogP contribution in [0.5, 0.6) is 0 Å². The molecule has 142 valence electrons. The number of hydrogen-bond acceptors (Lipinski definition) is 5. The Hall–Kier alpha value is -2.93. The number of thioether (sulfide) groups is 1. The van der Waals surface area contributed by atoms with Crippen LogP contribution in [0.1, 0.15) is 31.3 Å². The second-order valence-electron chi connectivity index (χ2n) is 6.60. The number of rotatable bonds is 5. The van der Waals surface area contributed by atoms with Crippen molar-refractivity contribution in [3.8, 4) is 0 Å². The van der Waals surface area contributed by atoms with Crippen molar-refractivity contribution in [3.63, 3.8) is 0 Å².